The van der Waals surface area contributed by atoms with Crippen molar-refractivity contribution in [2.75, 3.05) is 0 Å². The van der Waals surface area contributed by atoms with Crippen LogP contribution in [0.5, 0.6) is 0 Å². The molecular weight excluding hydrogens is 225 g/mol. The Morgan fingerprint density at radius 2 is 2.07 bits per heavy atom. The molecule has 0 fully saturated rings. The van der Waals surface area contributed by atoms with Crippen LogP contribution in [0.2, 0.25) is 0 Å². The molecule has 5 nitrogen and oxygen atoms in total. The van der Waals surface area contributed by atoms with Gasteiger partial charge in [0, 0.05) is 6.07 Å². The zero-order valence-corrected chi connectivity index (χ0v) is 8.62. The Morgan fingerprint density at radius 1 is 1.47 bits per heavy atom. The highest BCUT2D eigenvalue weighted by molar-refractivity contribution is 7.85. The first kappa shape index (κ1) is 11.6. The van der Waals surface area contributed by atoms with Gasteiger partial charge >= 0.3 is 10.2 Å². The molecule has 0 saturated carbocycles. The normalized spacial score (nSPS) is 11.3. The Bertz CT molecular complexity index is 497. The second-order valence-electron chi connectivity index (χ2n) is 3.01. The minimum Gasteiger partial charge on any atom is -0.258 e. The molecule has 0 heterocycles. The van der Waals surface area contributed by atoms with Crippen LogP contribution in [-0.4, -0.2) is 13.3 Å². The molecule has 0 saturated heterocycles. The third-order valence-electron chi connectivity index (χ3n) is 1.90. The zero-order valence-electron chi connectivity index (χ0n) is 7.81. The summed E-state index contributed by atoms with van der Waals surface area (Å²) in [6, 6.07) is 4.06. The van der Waals surface area contributed by atoms with Crippen LogP contribution < -0.4 is 0 Å². The van der Waals surface area contributed by atoms with E-state index in [1.165, 1.54) is 19.1 Å². The van der Waals surface area contributed by atoms with Crippen molar-refractivity contribution in [3.8, 4) is 0 Å². The number of hydrogen-bond donors (Lipinski definition) is 0. The highest BCUT2D eigenvalue weighted by atomic mass is 32.3. The van der Waals surface area contributed by atoms with E-state index < -0.39 is 20.9 Å². The number of nitro groups is 1. The lowest BCUT2D eigenvalue weighted by atomic mass is 10.1. The maximum Gasteiger partial charge on any atom is 0.306 e. The smallest absolute Gasteiger partial charge is 0.258 e. The summed E-state index contributed by atoms with van der Waals surface area (Å²) in [6.07, 6.45) is 0. The quantitative estimate of drug-likeness (QED) is 0.452. The molecule has 1 rings (SSSR count). The molecule has 0 unspecified atom stereocenters. The number of halogens is 1. The maximum absolute atomic E-state index is 12.4. The minimum absolute atomic E-state index is 0.106. The molecular formula is C8H8FNO4S. The summed E-state index contributed by atoms with van der Waals surface area (Å²) in [5.74, 6) is -0.962. The van der Waals surface area contributed by atoms with E-state index >= 15 is 0 Å². The number of hydrogen-bond acceptors (Lipinski definition) is 4. The summed E-state index contributed by atoms with van der Waals surface area (Å²) in [5, 5.41) is 10.5. The minimum atomic E-state index is -4.76. The number of aryl methyl sites for hydroxylation is 1. The van der Waals surface area contributed by atoms with Gasteiger partial charge in [0.1, 0.15) is 5.75 Å². The van der Waals surface area contributed by atoms with Crippen LogP contribution in [0.4, 0.5) is 9.57 Å². The SMILES string of the molecule is Cc1cccc([N+](=O)[O-])c1CS(=O)(=O)F. The highest BCUT2D eigenvalue weighted by Crippen LogP contribution is 2.24. The fraction of sp³-hybridized carbons (Fsp3) is 0.250. The van der Waals surface area contributed by atoms with Crippen molar-refractivity contribution >= 4 is 15.9 Å². The third-order valence-corrected chi connectivity index (χ3v) is 2.53. The first-order valence-corrected chi connectivity index (χ1v) is 5.52. The molecule has 82 valence electrons. The summed E-state index contributed by atoms with van der Waals surface area (Å²) in [6.45, 7) is 1.49. The number of rotatable bonds is 3. The largest absolute Gasteiger partial charge is 0.306 e. The predicted molar refractivity (Wildman–Crippen MR) is 51.6 cm³/mol. The van der Waals surface area contributed by atoms with Gasteiger partial charge in [-0.15, -0.1) is 3.89 Å². The van der Waals surface area contributed by atoms with Crippen LogP contribution in [0, 0.1) is 17.0 Å². The van der Waals surface area contributed by atoms with Crippen molar-refractivity contribution < 1.29 is 17.2 Å². The first-order valence-electron chi connectivity index (χ1n) is 3.96. The lowest BCUT2D eigenvalue weighted by molar-refractivity contribution is -0.385. The summed E-state index contributed by atoms with van der Waals surface area (Å²) in [7, 11) is -4.76. The van der Waals surface area contributed by atoms with E-state index in [2.05, 4.69) is 0 Å². The van der Waals surface area contributed by atoms with E-state index in [0.29, 0.717) is 5.56 Å². The molecule has 0 aliphatic heterocycles. The summed E-state index contributed by atoms with van der Waals surface area (Å²) in [4.78, 5) is 9.82. The molecule has 15 heavy (non-hydrogen) atoms. The van der Waals surface area contributed by atoms with Gasteiger partial charge in [0.15, 0.2) is 0 Å². The molecule has 0 amide bonds. The Hall–Kier alpha value is -1.50. The van der Waals surface area contributed by atoms with Crippen LogP contribution in [0.1, 0.15) is 11.1 Å². The van der Waals surface area contributed by atoms with E-state index in [9.17, 15) is 22.4 Å². The molecule has 7 heteroatoms. The lowest BCUT2D eigenvalue weighted by Gasteiger charge is -2.03. The van der Waals surface area contributed by atoms with Crippen molar-refractivity contribution in [3.63, 3.8) is 0 Å². The molecule has 0 radical (unpaired) electrons. The monoisotopic (exact) mass is 233 g/mol. The van der Waals surface area contributed by atoms with Crippen LogP contribution in [0.3, 0.4) is 0 Å². The van der Waals surface area contributed by atoms with E-state index in [0.717, 1.165) is 6.07 Å². The molecule has 0 aromatic heterocycles. The number of benzene rings is 1. The average Bonchev–Trinajstić information content (AvgIpc) is 2.05. The van der Waals surface area contributed by atoms with E-state index in [4.69, 9.17) is 0 Å². The van der Waals surface area contributed by atoms with Crippen molar-refractivity contribution in [2.45, 2.75) is 12.7 Å². The van der Waals surface area contributed by atoms with Gasteiger partial charge in [-0.1, -0.05) is 12.1 Å². The van der Waals surface area contributed by atoms with Crippen molar-refractivity contribution in [3.05, 3.63) is 39.4 Å². The Morgan fingerprint density at radius 3 is 2.53 bits per heavy atom. The van der Waals surface area contributed by atoms with Crippen molar-refractivity contribution in [1.82, 2.24) is 0 Å². The van der Waals surface area contributed by atoms with E-state index in [-0.39, 0.29) is 11.3 Å². The molecule has 0 spiro atoms. The molecule has 1 aromatic carbocycles. The molecule has 1 aromatic rings. The van der Waals surface area contributed by atoms with E-state index in [1.54, 1.807) is 0 Å². The summed E-state index contributed by atoms with van der Waals surface area (Å²) >= 11 is 0. The first-order chi connectivity index (χ1) is 6.81. The summed E-state index contributed by atoms with van der Waals surface area (Å²) < 4.78 is 33.3. The van der Waals surface area contributed by atoms with Gasteiger partial charge in [0.2, 0.25) is 0 Å². The molecule has 0 aliphatic carbocycles. The summed E-state index contributed by atoms with van der Waals surface area (Å²) in [5.41, 5.74) is -0.105. The molecule has 0 atom stereocenters. The van der Waals surface area contributed by atoms with Gasteiger partial charge in [-0.2, -0.15) is 8.42 Å². The molecule has 0 aliphatic rings. The van der Waals surface area contributed by atoms with Gasteiger partial charge in [-0.3, -0.25) is 10.1 Å². The van der Waals surface area contributed by atoms with Crippen LogP contribution >= 0.6 is 0 Å². The maximum atomic E-state index is 12.4. The molecule has 0 N–H and O–H groups in total. The Labute approximate surface area is 85.9 Å². The lowest BCUT2D eigenvalue weighted by Crippen LogP contribution is -2.03. The van der Waals surface area contributed by atoms with Crippen molar-refractivity contribution in [1.29, 1.82) is 0 Å². The Balaban J connectivity index is 3.32. The van der Waals surface area contributed by atoms with Crippen molar-refractivity contribution in [2.24, 2.45) is 0 Å². The average molecular weight is 233 g/mol. The predicted octanol–water partition coefficient (Wildman–Crippen LogP) is 1.70. The Kier molecular flexibility index (Phi) is 3.04. The standard InChI is InChI=1S/C8H8FNO4S/c1-6-3-2-4-8(10(11)12)7(6)5-15(9,13)14/h2-4H,5H2,1H3. The van der Waals surface area contributed by atoms with Gasteiger partial charge in [0.25, 0.3) is 5.69 Å². The highest BCUT2D eigenvalue weighted by Gasteiger charge is 2.21. The van der Waals surface area contributed by atoms with Crippen LogP contribution in [0.15, 0.2) is 18.2 Å². The van der Waals surface area contributed by atoms with E-state index in [1.807, 2.05) is 0 Å². The second-order valence-corrected chi connectivity index (χ2v) is 4.38. The van der Waals surface area contributed by atoms with Gasteiger partial charge < -0.3 is 0 Å². The zero-order chi connectivity index (χ0) is 11.6. The topological polar surface area (TPSA) is 77.3 Å². The van der Waals surface area contributed by atoms with Gasteiger partial charge in [0.05, 0.1) is 10.5 Å². The molecule has 0 bridgehead atoms. The van der Waals surface area contributed by atoms with Gasteiger partial charge in [-0.25, -0.2) is 0 Å². The number of nitrogens with zero attached hydrogens (tertiary/aromatic N) is 1. The second kappa shape index (κ2) is 3.93. The fourth-order valence-corrected chi connectivity index (χ4v) is 1.94. The third kappa shape index (κ3) is 2.98. The number of nitro benzene ring substituents is 1. The fourth-order valence-electron chi connectivity index (χ4n) is 1.22. The van der Waals surface area contributed by atoms with Crippen LogP contribution in [-0.2, 0) is 16.0 Å². The van der Waals surface area contributed by atoms with Gasteiger partial charge in [-0.05, 0) is 12.5 Å². The van der Waals surface area contributed by atoms with Crippen LogP contribution in [0.25, 0.3) is 0 Å².